The lowest BCUT2D eigenvalue weighted by Crippen LogP contribution is -2.22. The summed E-state index contributed by atoms with van der Waals surface area (Å²) in [6, 6.07) is 5.89. The summed E-state index contributed by atoms with van der Waals surface area (Å²) < 4.78 is 0. The Morgan fingerprint density at radius 1 is 1.33 bits per heavy atom. The van der Waals surface area contributed by atoms with E-state index in [0.717, 1.165) is 41.5 Å². The third kappa shape index (κ3) is 3.28. The highest BCUT2D eigenvalue weighted by Gasteiger charge is 2.48. The molecule has 3 nitrogen and oxygen atoms in total. The standard InChI is InChI=1S/C18H21NO2/c1-12-5-6-17(13(8-12)4-2-3-7-20)19-18(21)16-10-14-9-15(14)11-16/h5-6,8,14-16,20H,3,7,9-11H2,1H3,(H,19,21). The van der Waals surface area contributed by atoms with Gasteiger partial charge in [0.1, 0.15) is 0 Å². The molecule has 3 heteroatoms. The van der Waals surface area contributed by atoms with Crippen molar-refractivity contribution >= 4 is 11.6 Å². The number of benzene rings is 1. The fraction of sp³-hybridized carbons (Fsp3) is 0.500. The molecule has 0 heterocycles. The van der Waals surface area contributed by atoms with E-state index in [4.69, 9.17) is 5.11 Å². The van der Waals surface area contributed by atoms with E-state index in [1.807, 2.05) is 25.1 Å². The summed E-state index contributed by atoms with van der Waals surface area (Å²) in [6.45, 7) is 2.07. The van der Waals surface area contributed by atoms with Gasteiger partial charge in [0, 0.05) is 17.9 Å². The van der Waals surface area contributed by atoms with Crippen molar-refractivity contribution in [3.05, 3.63) is 29.3 Å². The van der Waals surface area contributed by atoms with Crippen LogP contribution in [0.25, 0.3) is 0 Å². The van der Waals surface area contributed by atoms with Gasteiger partial charge < -0.3 is 10.4 Å². The van der Waals surface area contributed by atoms with E-state index in [-0.39, 0.29) is 18.4 Å². The lowest BCUT2D eigenvalue weighted by Gasteiger charge is -2.14. The quantitative estimate of drug-likeness (QED) is 0.838. The summed E-state index contributed by atoms with van der Waals surface area (Å²) in [6.07, 6.45) is 3.88. The van der Waals surface area contributed by atoms with Crippen LogP contribution in [0, 0.1) is 36.5 Å². The van der Waals surface area contributed by atoms with E-state index in [9.17, 15) is 4.79 Å². The molecule has 2 N–H and O–H groups in total. The average molecular weight is 283 g/mol. The first-order chi connectivity index (χ1) is 10.2. The maximum absolute atomic E-state index is 12.3. The van der Waals surface area contributed by atoms with Crippen LogP contribution in [-0.4, -0.2) is 17.6 Å². The van der Waals surface area contributed by atoms with Crippen molar-refractivity contribution in [3.8, 4) is 11.8 Å². The van der Waals surface area contributed by atoms with E-state index in [0.29, 0.717) is 6.42 Å². The fourth-order valence-corrected chi connectivity index (χ4v) is 3.25. The number of amides is 1. The van der Waals surface area contributed by atoms with Gasteiger partial charge in [-0.05, 0) is 55.7 Å². The lowest BCUT2D eigenvalue weighted by atomic mass is 10.0. The van der Waals surface area contributed by atoms with Gasteiger partial charge in [-0.1, -0.05) is 17.9 Å². The minimum atomic E-state index is 0.0609. The molecule has 1 amide bonds. The van der Waals surface area contributed by atoms with E-state index in [1.54, 1.807) is 0 Å². The third-order valence-corrected chi connectivity index (χ3v) is 4.51. The van der Waals surface area contributed by atoms with E-state index in [1.165, 1.54) is 6.42 Å². The van der Waals surface area contributed by atoms with Crippen LogP contribution < -0.4 is 5.32 Å². The summed E-state index contributed by atoms with van der Waals surface area (Å²) in [5.74, 6) is 7.89. The predicted octanol–water partition coefficient (Wildman–Crippen LogP) is 2.71. The molecule has 2 unspecified atom stereocenters. The number of hydrogen-bond donors (Lipinski definition) is 2. The number of aryl methyl sites for hydroxylation is 1. The van der Waals surface area contributed by atoms with Gasteiger partial charge in [0.2, 0.25) is 5.91 Å². The molecule has 0 aliphatic heterocycles. The monoisotopic (exact) mass is 283 g/mol. The first-order valence-corrected chi connectivity index (χ1v) is 7.68. The Kier molecular flexibility index (Phi) is 3.98. The molecule has 110 valence electrons. The minimum absolute atomic E-state index is 0.0609. The van der Waals surface area contributed by atoms with E-state index in [2.05, 4.69) is 17.2 Å². The zero-order valence-corrected chi connectivity index (χ0v) is 12.4. The van der Waals surface area contributed by atoms with Crippen LogP contribution >= 0.6 is 0 Å². The number of rotatable bonds is 3. The Morgan fingerprint density at radius 2 is 2.10 bits per heavy atom. The fourth-order valence-electron chi connectivity index (χ4n) is 3.25. The number of aliphatic hydroxyl groups excluding tert-OH is 1. The van der Waals surface area contributed by atoms with Crippen molar-refractivity contribution in [3.63, 3.8) is 0 Å². The lowest BCUT2D eigenvalue weighted by molar-refractivity contribution is -0.120. The molecule has 1 aromatic carbocycles. The second-order valence-electron chi connectivity index (χ2n) is 6.24. The second kappa shape index (κ2) is 5.91. The van der Waals surface area contributed by atoms with Crippen LogP contribution in [0.1, 0.15) is 36.8 Å². The third-order valence-electron chi connectivity index (χ3n) is 4.51. The normalized spacial score (nSPS) is 25.7. The minimum Gasteiger partial charge on any atom is -0.395 e. The van der Waals surface area contributed by atoms with Gasteiger partial charge in [-0.15, -0.1) is 0 Å². The first-order valence-electron chi connectivity index (χ1n) is 7.68. The topological polar surface area (TPSA) is 49.3 Å². The Morgan fingerprint density at radius 3 is 2.81 bits per heavy atom. The molecule has 0 spiro atoms. The van der Waals surface area contributed by atoms with Gasteiger partial charge in [-0.3, -0.25) is 4.79 Å². The molecule has 0 aromatic heterocycles. The van der Waals surface area contributed by atoms with Crippen molar-refractivity contribution in [1.29, 1.82) is 0 Å². The van der Waals surface area contributed by atoms with Crippen molar-refractivity contribution in [2.24, 2.45) is 17.8 Å². The average Bonchev–Trinajstić information content (AvgIpc) is 3.08. The smallest absolute Gasteiger partial charge is 0.227 e. The van der Waals surface area contributed by atoms with Gasteiger partial charge in [0.15, 0.2) is 0 Å². The summed E-state index contributed by atoms with van der Waals surface area (Å²) in [5, 5.41) is 11.9. The van der Waals surface area contributed by atoms with Gasteiger partial charge >= 0.3 is 0 Å². The number of carbonyl (C=O) groups excluding carboxylic acids is 1. The van der Waals surface area contributed by atoms with Crippen molar-refractivity contribution in [1.82, 2.24) is 0 Å². The van der Waals surface area contributed by atoms with Crippen molar-refractivity contribution in [2.75, 3.05) is 11.9 Å². The van der Waals surface area contributed by atoms with E-state index >= 15 is 0 Å². The number of fused-ring (bicyclic) bond motifs is 1. The van der Waals surface area contributed by atoms with Crippen molar-refractivity contribution < 1.29 is 9.90 Å². The highest BCUT2D eigenvalue weighted by Crippen LogP contribution is 2.54. The SMILES string of the molecule is Cc1ccc(NC(=O)C2CC3CC3C2)c(C#CCCO)c1. The molecule has 2 atom stereocenters. The zero-order chi connectivity index (χ0) is 14.8. The number of nitrogens with one attached hydrogen (secondary N) is 1. The predicted molar refractivity (Wildman–Crippen MR) is 82.7 cm³/mol. The molecule has 1 aromatic rings. The summed E-state index contributed by atoms with van der Waals surface area (Å²) in [5.41, 5.74) is 2.74. The number of carbonyl (C=O) groups is 1. The largest absolute Gasteiger partial charge is 0.395 e. The number of hydrogen-bond acceptors (Lipinski definition) is 2. The summed E-state index contributed by atoms with van der Waals surface area (Å²) in [7, 11) is 0. The molecule has 2 aliphatic rings. The number of anilines is 1. The van der Waals surface area contributed by atoms with Gasteiger partial charge in [0.05, 0.1) is 12.3 Å². The summed E-state index contributed by atoms with van der Waals surface area (Å²) in [4.78, 5) is 12.3. The summed E-state index contributed by atoms with van der Waals surface area (Å²) >= 11 is 0. The van der Waals surface area contributed by atoms with Crippen LogP contribution in [-0.2, 0) is 4.79 Å². The molecular weight excluding hydrogens is 262 g/mol. The van der Waals surface area contributed by atoms with E-state index < -0.39 is 0 Å². The molecule has 2 fully saturated rings. The zero-order valence-electron chi connectivity index (χ0n) is 12.4. The Bertz CT molecular complexity index is 601. The van der Waals surface area contributed by atoms with Crippen LogP contribution in [0.3, 0.4) is 0 Å². The van der Waals surface area contributed by atoms with Gasteiger partial charge in [-0.2, -0.15) is 0 Å². The molecule has 0 saturated heterocycles. The second-order valence-corrected chi connectivity index (χ2v) is 6.24. The highest BCUT2D eigenvalue weighted by molar-refractivity contribution is 5.94. The van der Waals surface area contributed by atoms with Gasteiger partial charge in [0.25, 0.3) is 0 Å². The molecule has 2 aliphatic carbocycles. The van der Waals surface area contributed by atoms with Gasteiger partial charge in [-0.25, -0.2) is 0 Å². The van der Waals surface area contributed by atoms with Crippen LogP contribution in [0.4, 0.5) is 5.69 Å². The maximum Gasteiger partial charge on any atom is 0.227 e. The van der Waals surface area contributed by atoms with Crippen LogP contribution in [0.15, 0.2) is 18.2 Å². The highest BCUT2D eigenvalue weighted by atomic mass is 16.2. The molecule has 0 bridgehead atoms. The Labute approximate surface area is 125 Å². The molecule has 21 heavy (non-hydrogen) atoms. The van der Waals surface area contributed by atoms with Crippen molar-refractivity contribution in [2.45, 2.75) is 32.6 Å². The molecule has 0 radical (unpaired) electrons. The van der Waals surface area contributed by atoms with Crippen LogP contribution in [0.2, 0.25) is 0 Å². The van der Waals surface area contributed by atoms with Crippen LogP contribution in [0.5, 0.6) is 0 Å². The Balaban J connectivity index is 1.72. The Hall–Kier alpha value is -1.79. The number of aliphatic hydroxyl groups is 1. The maximum atomic E-state index is 12.3. The molecular formula is C18H21NO2. The first kappa shape index (κ1) is 14.2. The molecule has 2 saturated carbocycles. The molecule has 3 rings (SSSR count).